The van der Waals surface area contributed by atoms with E-state index in [1.165, 1.54) is 49.3 Å². The first kappa shape index (κ1) is 67.8. The maximum Gasteiger partial charge on any atom is 0.326 e. The van der Waals surface area contributed by atoms with Gasteiger partial charge < -0.3 is 74.2 Å². The molecule has 8 amide bonds. The highest BCUT2D eigenvalue weighted by Crippen LogP contribution is 2.16. The van der Waals surface area contributed by atoms with Crippen LogP contribution in [0.25, 0.3) is 0 Å². The summed E-state index contributed by atoms with van der Waals surface area (Å²) in [5.74, 6) is -8.97. The van der Waals surface area contributed by atoms with E-state index in [4.69, 9.17) is 11.5 Å². The number of phenols is 1. The van der Waals surface area contributed by atoms with Crippen molar-refractivity contribution in [3.8, 4) is 5.75 Å². The number of hydrogen-bond donors (Lipinski definition) is 14. The van der Waals surface area contributed by atoms with Crippen LogP contribution in [0, 0.1) is 17.8 Å². The van der Waals surface area contributed by atoms with E-state index in [0.717, 1.165) is 5.56 Å². The number of unbranched alkanes of at least 4 members (excludes halogenated alkanes) is 1. The molecular formula is C61H84N14O11. The zero-order chi connectivity index (χ0) is 62.9. The Morgan fingerprint density at radius 2 is 0.872 bits per heavy atom. The monoisotopic (exact) mass is 1190 g/mol. The van der Waals surface area contributed by atoms with Crippen molar-refractivity contribution in [1.29, 1.82) is 0 Å². The number of imidazole rings is 2. The van der Waals surface area contributed by atoms with E-state index in [9.17, 15) is 53.4 Å². The summed E-state index contributed by atoms with van der Waals surface area (Å²) in [5, 5.41) is 41.8. The second-order valence-electron chi connectivity index (χ2n) is 22.2. The van der Waals surface area contributed by atoms with Gasteiger partial charge in [0.25, 0.3) is 0 Å². The Bertz CT molecular complexity index is 2970. The van der Waals surface area contributed by atoms with Gasteiger partial charge in [-0.25, -0.2) is 14.8 Å². The van der Waals surface area contributed by atoms with E-state index >= 15 is 0 Å². The quantitative estimate of drug-likeness (QED) is 0.0253. The molecule has 0 aliphatic rings. The van der Waals surface area contributed by atoms with Crippen molar-refractivity contribution in [2.75, 3.05) is 6.54 Å². The molecule has 86 heavy (non-hydrogen) atoms. The number of carbonyl (C=O) groups is 9. The Morgan fingerprint density at radius 1 is 0.477 bits per heavy atom. The van der Waals surface area contributed by atoms with E-state index in [-0.39, 0.29) is 50.8 Å². The van der Waals surface area contributed by atoms with Crippen molar-refractivity contribution in [2.24, 2.45) is 29.2 Å². The van der Waals surface area contributed by atoms with Gasteiger partial charge in [0.15, 0.2) is 0 Å². The number of nitrogens with two attached hydrogens (primary N) is 2. The second-order valence-corrected chi connectivity index (χ2v) is 22.2. The van der Waals surface area contributed by atoms with E-state index in [1.807, 2.05) is 37.3 Å². The molecule has 5 rings (SSSR count). The van der Waals surface area contributed by atoms with Gasteiger partial charge in [-0.3, -0.25) is 38.4 Å². The minimum atomic E-state index is -1.43. The molecule has 16 N–H and O–H groups in total. The van der Waals surface area contributed by atoms with Gasteiger partial charge in [-0.1, -0.05) is 121 Å². The lowest BCUT2D eigenvalue weighted by molar-refractivity contribution is -0.143. The highest BCUT2D eigenvalue weighted by atomic mass is 16.4. The molecule has 0 saturated carbocycles. The molecule has 2 aromatic heterocycles. The molecule has 0 aliphatic heterocycles. The van der Waals surface area contributed by atoms with Gasteiger partial charge >= 0.3 is 5.97 Å². The molecule has 0 radical (unpaired) electrons. The number of rotatable bonds is 35. The molecule has 464 valence electrons. The number of amides is 8. The first-order valence-corrected chi connectivity index (χ1v) is 29.0. The fraction of sp³-hybridized carbons (Fsp3) is 0.459. The largest absolute Gasteiger partial charge is 0.508 e. The Hall–Kier alpha value is -8.97. The van der Waals surface area contributed by atoms with Gasteiger partial charge in [-0.15, -0.1) is 0 Å². The van der Waals surface area contributed by atoms with Gasteiger partial charge in [0.05, 0.1) is 18.7 Å². The van der Waals surface area contributed by atoms with Crippen LogP contribution in [0.1, 0.15) is 95.3 Å². The van der Waals surface area contributed by atoms with Crippen molar-refractivity contribution in [2.45, 2.75) is 154 Å². The second kappa shape index (κ2) is 34.1. The predicted octanol–water partition coefficient (Wildman–Crippen LogP) is 1.13. The summed E-state index contributed by atoms with van der Waals surface area (Å²) in [7, 11) is 0. The number of nitrogens with zero attached hydrogens (tertiary/aromatic N) is 2. The third-order valence-corrected chi connectivity index (χ3v) is 14.6. The summed E-state index contributed by atoms with van der Waals surface area (Å²) in [5.41, 5.74) is 15.0. The minimum absolute atomic E-state index is 0.0478. The Labute approximate surface area is 500 Å². The normalized spacial score (nSPS) is 14.8. The smallest absolute Gasteiger partial charge is 0.326 e. The van der Waals surface area contributed by atoms with Crippen LogP contribution in [-0.4, -0.2) is 144 Å². The van der Waals surface area contributed by atoms with Crippen LogP contribution >= 0.6 is 0 Å². The molecule has 10 atom stereocenters. The molecule has 5 aromatic rings. The Kier molecular flexibility index (Phi) is 26.9. The number of phenolic OH excluding ortho intramolecular Hbond substituents is 1. The number of carboxylic acid groups (broad SMARTS) is 1. The molecule has 0 aliphatic carbocycles. The van der Waals surface area contributed by atoms with Gasteiger partial charge in [-0.2, -0.15) is 0 Å². The summed E-state index contributed by atoms with van der Waals surface area (Å²) >= 11 is 0. The van der Waals surface area contributed by atoms with Crippen LogP contribution in [0.3, 0.4) is 0 Å². The van der Waals surface area contributed by atoms with E-state index in [2.05, 4.69) is 62.5 Å². The van der Waals surface area contributed by atoms with Gasteiger partial charge in [0.2, 0.25) is 47.3 Å². The SMILES string of the molecule is CC[C@H](C)[C@H](NC(=O)[C@@H](N)Cc1ccccc1)C(=O)N[C@@H](Cc1cnc[nH]1)C(=O)N[C@@H](CCCCN)C(=O)N[C@H](C(=O)N[C@@H](Cc1cnc[nH]1)C(=O)N[C@@H](Cc1ccccc1)C(=O)N[C@@H](Cc1ccc(O)cc1)C(=O)N[C@H](C(=O)O)C(C)C)C(C)C. The number of aromatic nitrogens is 4. The average molecular weight is 1190 g/mol. The number of carboxylic acids is 1. The number of aromatic amines is 2. The first-order chi connectivity index (χ1) is 41.1. The molecule has 0 bridgehead atoms. The van der Waals surface area contributed by atoms with Crippen LogP contribution in [0.5, 0.6) is 5.75 Å². The van der Waals surface area contributed by atoms with Crippen LogP contribution in [0.2, 0.25) is 0 Å². The molecule has 0 unspecified atom stereocenters. The lowest BCUT2D eigenvalue weighted by Crippen LogP contribution is -2.62. The summed E-state index contributed by atoms with van der Waals surface area (Å²) in [6.45, 7) is 10.5. The number of nitrogens with one attached hydrogen (secondary N) is 10. The summed E-state index contributed by atoms with van der Waals surface area (Å²) in [4.78, 5) is 141. The Morgan fingerprint density at radius 3 is 1.31 bits per heavy atom. The van der Waals surface area contributed by atoms with Crippen molar-refractivity contribution in [3.05, 3.63) is 138 Å². The average Bonchev–Trinajstić information content (AvgIpc) is 4.22. The molecule has 2 heterocycles. The third-order valence-electron chi connectivity index (χ3n) is 14.6. The highest BCUT2D eigenvalue weighted by Gasteiger charge is 2.37. The first-order valence-electron chi connectivity index (χ1n) is 29.0. The van der Waals surface area contributed by atoms with Crippen molar-refractivity contribution in [1.82, 2.24) is 62.5 Å². The number of aromatic hydroxyl groups is 1. The fourth-order valence-corrected chi connectivity index (χ4v) is 9.37. The topological polar surface area (TPSA) is 400 Å². The lowest BCUT2D eigenvalue weighted by atomic mass is 9.96. The maximum absolute atomic E-state index is 14.7. The molecule has 0 fully saturated rings. The number of aliphatic carboxylic acids is 1. The molecular weight excluding hydrogens is 1100 g/mol. The van der Waals surface area contributed by atoms with E-state index in [1.54, 1.807) is 65.0 Å². The summed E-state index contributed by atoms with van der Waals surface area (Å²) in [6, 6.07) is 12.2. The number of carbonyl (C=O) groups excluding carboxylic acids is 8. The third kappa shape index (κ3) is 21.6. The van der Waals surface area contributed by atoms with E-state index < -0.39 is 125 Å². The van der Waals surface area contributed by atoms with Crippen molar-refractivity contribution in [3.63, 3.8) is 0 Å². The standard InChI is InChI=1S/C61H84N14O11/c1-7-37(6)52(75-53(77)44(63)26-38-16-10-8-11-17-38)60(84)72-48(29-41-31-64-33-66-41)56(80)68-45(20-14-15-25-62)54(78)73-50(35(2)3)59(83)71-49(30-42-32-65-34-67-42)57(81)69-46(27-39-18-12-9-13-19-39)55(79)70-47(28-40-21-23-43(76)24-22-40)58(82)74-51(36(4)5)61(85)86/h8-13,16-19,21-24,31-37,44-52,76H,7,14-15,20,25-30,62-63H2,1-6H3,(H,64,66)(H,65,67)(H,68,80)(H,69,81)(H,70,79)(H,71,83)(H,72,84)(H,73,78)(H,74,82)(H,75,77)(H,85,86)/t37-,44-,45-,46-,47-,48-,49-,50-,51-,52-/m0/s1. The van der Waals surface area contributed by atoms with Gasteiger partial charge in [0, 0.05) is 49.5 Å². The minimum Gasteiger partial charge on any atom is -0.508 e. The van der Waals surface area contributed by atoms with Crippen LogP contribution < -0.4 is 54.0 Å². The summed E-state index contributed by atoms with van der Waals surface area (Å²) < 4.78 is 0. The zero-order valence-electron chi connectivity index (χ0n) is 49.5. The number of hydrogen-bond acceptors (Lipinski definition) is 14. The summed E-state index contributed by atoms with van der Waals surface area (Å²) in [6.07, 6.45) is 6.74. The highest BCUT2D eigenvalue weighted by molar-refractivity contribution is 5.98. The number of benzene rings is 3. The van der Waals surface area contributed by atoms with E-state index in [0.29, 0.717) is 41.8 Å². The van der Waals surface area contributed by atoms with Crippen LogP contribution in [0.15, 0.2) is 110 Å². The molecule has 25 heteroatoms. The van der Waals surface area contributed by atoms with Crippen LogP contribution in [0.4, 0.5) is 0 Å². The van der Waals surface area contributed by atoms with Crippen molar-refractivity contribution >= 4 is 53.2 Å². The Balaban J connectivity index is 1.38. The number of H-pyrrole nitrogens is 2. The van der Waals surface area contributed by atoms with Crippen LogP contribution in [-0.2, 0) is 75.3 Å². The molecule has 25 nitrogen and oxygen atoms in total. The molecule has 0 saturated heterocycles. The molecule has 0 spiro atoms. The lowest BCUT2D eigenvalue weighted by Gasteiger charge is -2.30. The van der Waals surface area contributed by atoms with Gasteiger partial charge in [-0.05, 0) is 78.8 Å². The molecule has 3 aromatic carbocycles. The van der Waals surface area contributed by atoms with Crippen molar-refractivity contribution < 1.29 is 53.4 Å². The predicted molar refractivity (Wildman–Crippen MR) is 320 cm³/mol. The zero-order valence-corrected chi connectivity index (χ0v) is 49.5. The van der Waals surface area contributed by atoms with Gasteiger partial charge in [0.1, 0.15) is 54.1 Å². The fourth-order valence-electron chi connectivity index (χ4n) is 9.37. The maximum atomic E-state index is 14.7.